The number of carbonyl (C=O) groups is 1. The lowest BCUT2D eigenvalue weighted by molar-refractivity contribution is 0.100. The smallest absolute Gasteiger partial charge is 0.248 e. The van der Waals surface area contributed by atoms with Gasteiger partial charge in [0.2, 0.25) is 15.9 Å². The first-order valence-corrected chi connectivity index (χ1v) is 10.8. The SMILES string of the molecule is Cc1ccc(CNS(=O)(=O)c2ccc(-c3nc4ccc(C(N)=O)cc4[nH]3)cc2)cc1. The molecule has 1 aromatic heterocycles. The molecule has 0 atom stereocenters. The van der Waals surface area contributed by atoms with Gasteiger partial charge in [-0.25, -0.2) is 18.1 Å². The van der Waals surface area contributed by atoms with Crippen LogP contribution in [-0.2, 0) is 16.6 Å². The Balaban J connectivity index is 1.53. The molecule has 4 rings (SSSR count). The normalized spacial score (nSPS) is 11.6. The standard InChI is InChI=1S/C22H20N4O3S/c1-14-2-4-15(5-3-14)13-24-30(28,29)18-9-6-16(7-10-18)22-25-19-11-8-17(21(23)27)12-20(19)26-22/h2-12,24H,13H2,1H3,(H2,23,27)(H,25,26). The number of nitrogens with zero attached hydrogens (tertiary/aromatic N) is 1. The summed E-state index contributed by atoms with van der Waals surface area (Å²) in [5.41, 5.74) is 9.80. The Morgan fingerprint density at radius 2 is 1.73 bits per heavy atom. The van der Waals surface area contributed by atoms with Crippen LogP contribution in [0, 0.1) is 6.92 Å². The monoisotopic (exact) mass is 420 g/mol. The van der Waals surface area contributed by atoms with Crippen LogP contribution in [0.4, 0.5) is 0 Å². The number of fused-ring (bicyclic) bond motifs is 1. The van der Waals surface area contributed by atoms with Gasteiger partial charge in [-0.05, 0) is 55.0 Å². The third kappa shape index (κ3) is 4.10. The fourth-order valence-electron chi connectivity index (χ4n) is 3.06. The van der Waals surface area contributed by atoms with E-state index < -0.39 is 15.9 Å². The van der Waals surface area contributed by atoms with Gasteiger partial charge in [-0.1, -0.05) is 29.8 Å². The van der Waals surface area contributed by atoms with E-state index in [-0.39, 0.29) is 11.4 Å². The molecule has 3 aromatic carbocycles. The van der Waals surface area contributed by atoms with Gasteiger partial charge in [0.25, 0.3) is 0 Å². The van der Waals surface area contributed by atoms with Crippen LogP contribution in [-0.4, -0.2) is 24.3 Å². The number of primary amides is 1. The lowest BCUT2D eigenvalue weighted by Crippen LogP contribution is -2.23. The van der Waals surface area contributed by atoms with E-state index >= 15 is 0 Å². The lowest BCUT2D eigenvalue weighted by atomic mass is 10.2. The molecule has 0 fully saturated rings. The minimum atomic E-state index is -3.64. The Morgan fingerprint density at radius 1 is 1.03 bits per heavy atom. The Labute approximate surface area is 174 Å². The fraction of sp³-hybridized carbons (Fsp3) is 0.0909. The fourth-order valence-corrected chi connectivity index (χ4v) is 4.08. The van der Waals surface area contributed by atoms with Crippen molar-refractivity contribution in [2.75, 3.05) is 0 Å². The van der Waals surface area contributed by atoms with Crippen molar-refractivity contribution in [3.63, 3.8) is 0 Å². The predicted molar refractivity (Wildman–Crippen MR) is 115 cm³/mol. The molecular weight excluding hydrogens is 400 g/mol. The summed E-state index contributed by atoms with van der Waals surface area (Å²) in [5, 5.41) is 0. The second-order valence-corrected chi connectivity index (χ2v) is 8.78. The van der Waals surface area contributed by atoms with E-state index in [1.165, 1.54) is 12.1 Å². The number of sulfonamides is 1. The van der Waals surface area contributed by atoms with Crippen molar-refractivity contribution in [1.82, 2.24) is 14.7 Å². The van der Waals surface area contributed by atoms with Gasteiger partial charge in [0.1, 0.15) is 5.82 Å². The third-order valence-electron chi connectivity index (χ3n) is 4.79. The highest BCUT2D eigenvalue weighted by atomic mass is 32.2. The van der Waals surface area contributed by atoms with Crippen molar-refractivity contribution in [3.8, 4) is 11.4 Å². The first kappa shape index (κ1) is 19.8. The topological polar surface area (TPSA) is 118 Å². The molecule has 0 aliphatic carbocycles. The molecule has 0 bridgehead atoms. The maximum absolute atomic E-state index is 12.6. The highest BCUT2D eigenvalue weighted by Gasteiger charge is 2.15. The first-order chi connectivity index (χ1) is 14.3. The van der Waals surface area contributed by atoms with Crippen LogP contribution >= 0.6 is 0 Å². The summed E-state index contributed by atoms with van der Waals surface area (Å²) < 4.78 is 27.8. The number of aryl methyl sites for hydroxylation is 1. The predicted octanol–water partition coefficient (Wildman–Crippen LogP) is 3.12. The number of hydrogen-bond acceptors (Lipinski definition) is 4. The molecule has 0 radical (unpaired) electrons. The van der Waals surface area contributed by atoms with Crippen molar-refractivity contribution in [2.24, 2.45) is 5.73 Å². The van der Waals surface area contributed by atoms with Gasteiger partial charge in [0.05, 0.1) is 15.9 Å². The number of aromatic nitrogens is 2. The highest BCUT2D eigenvalue weighted by molar-refractivity contribution is 7.89. The largest absolute Gasteiger partial charge is 0.366 e. The van der Waals surface area contributed by atoms with Crippen molar-refractivity contribution in [3.05, 3.63) is 83.4 Å². The molecule has 152 valence electrons. The van der Waals surface area contributed by atoms with Gasteiger partial charge in [0.15, 0.2) is 0 Å². The average Bonchev–Trinajstić information content (AvgIpc) is 3.17. The Morgan fingerprint density at radius 3 is 2.40 bits per heavy atom. The number of rotatable bonds is 6. The lowest BCUT2D eigenvalue weighted by Gasteiger charge is -2.08. The number of imidazole rings is 1. The molecule has 8 heteroatoms. The molecule has 0 saturated heterocycles. The molecule has 1 amide bonds. The van der Waals surface area contributed by atoms with Crippen molar-refractivity contribution in [2.45, 2.75) is 18.4 Å². The van der Waals surface area contributed by atoms with Gasteiger partial charge in [-0.15, -0.1) is 0 Å². The van der Waals surface area contributed by atoms with E-state index in [1.54, 1.807) is 30.3 Å². The summed E-state index contributed by atoms with van der Waals surface area (Å²) in [4.78, 5) is 19.1. The Bertz CT molecular complexity index is 1330. The molecule has 1 heterocycles. The Hall–Kier alpha value is -3.49. The number of aromatic amines is 1. The maximum atomic E-state index is 12.6. The zero-order chi connectivity index (χ0) is 21.3. The van der Waals surface area contributed by atoms with Gasteiger partial charge in [-0.3, -0.25) is 4.79 Å². The quantitative estimate of drug-likeness (QED) is 0.444. The van der Waals surface area contributed by atoms with Gasteiger partial charge in [-0.2, -0.15) is 0 Å². The second kappa shape index (κ2) is 7.74. The van der Waals surface area contributed by atoms with Crippen molar-refractivity contribution in [1.29, 1.82) is 0 Å². The number of carbonyl (C=O) groups excluding carboxylic acids is 1. The number of benzene rings is 3. The van der Waals surface area contributed by atoms with Crippen LogP contribution in [0.5, 0.6) is 0 Å². The first-order valence-electron chi connectivity index (χ1n) is 9.27. The van der Waals surface area contributed by atoms with E-state index in [9.17, 15) is 13.2 Å². The van der Waals surface area contributed by atoms with Gasteiger partial charge >= 0.3 is 0 Å². The van der Waals surface area contributed by atoms with Crippen LogP contribution in [0.1, 0.15) is 21.5 Å². The van der Waals surface area contributed by atoms with Crippen LogP contribution < -0.4 is 10.5 Å². The zero-order valence-electron chi connectivity index (χ0n) is 16.2. The molecule has 0 spiro atoms. The summed E-state index contributed by atoms with van der Waals surface area (Å²) in [6.07, 6.45) is 0. The summed E-state index contributed by atoms with van der Waals surface area (Å²) in [6.45, 7) is 2.20. The molecule has 4 N–H and O–H groups in total. The number of amides is 1. The van der Waals surface area contributed by atoms with E-state index in [1.807, 2.05) is 31.2 Å². The van der Waals surface area contributed by atoms with E-state index in [0.29, 0.717) is 22.4 Å². The minimum absolute atomic E-state index is 0.172. The summed E-state index contributed by atoms with van der Waals surface area (Å²) >= 11 is 0. The van der Waals surface area contributed by atoms with Crippen LogP contribution in [0.3, 0.4) is 0 Å². The number of hydrogen-bond donors (Lipinski definition) is 3. The number of nitrogens with two attached hydrogens (primary N) is 1. The molecule has 30 heavy (non-hydrogen) atoms. The number of H-pyrrole nitrogens is 1. The molecule has 7 nitrogen and oxygen atoms in total. The molecule has 0 aliphatic rings. The molecule has 0 aliphatic heterocycles. The third-order valence-corrected chi connectivity index (χ3v) is 6.21. The molecular formula is C22H20N4O3S. The summed E-state index contributed by atoms with van der Waals surface area (Å²) in [7, 11) is -3.64. The van der Waals surface area contributed by atoms with Crippen LogP contribution in [0.15, 0.2) is 71.6 Å². The van der Waals surface area contributed by atoms with Crippen LogP contribution in [0.2, 0.25) is 0 Å². The molecule has 4 aromatic rings. The second-order valence-electron chi connectivity index (χ2n) is 7.02. The van der Waals surface area contributed by atoms with E-state index in [4.69, 9.17) is 5.73 Å². The summed E-state index contributed by atoms with van der Waals surface area (Å²) in [6, 6.07) is 19.1. The Kier molecular flexibility index (Phi) is 5.11. The zero-order valence-corrected chi connectivity index (χ0v) is 17.0. The highest BCUT2D eigenvalue weighted by Crippen LogP contribution is 2.23. The minimum Gasteiger partial charge on any atom is -0.366 e. The average molecular weight is 420 g/mol. The van der Waals surface area contributed by atoms with E-state index in [0.717, 1.165) is 16.7 Å². The maximum Gasteiger partial charge on any atom is 0.248 e. The van der Waals surface area contributed by atoms with Gasteiger partial charge < -0.3 is 10.7 Å². The van der Waals surface area contributed by atoms with Crippen molar-refractivity contribution < 1.29 is 13.2 Å². The van der Waals surface area contributed by atoms with Crippen LogP contribution in [0.25, 0.3) is 22.4 Å². The molecule has 0 unspecified atom stereocenters. The number of nitrogens with one attached hydrogen (secondary N) is 2. The van der Waals surface area contributed by atoms with E-state index in [2.05, 4.69) is 14.7 Å². The van der Waals surface area contributed by atoms with Gasteiger partial charge in [0, 0.05) is 17.7 Å². The molecule has 0 saturated carbocycles. The summed E-state index contributed by atoms with van der Waals surface area (Å²) in [5.74, 6) is 0.0592. The van der Waals surface area contributed by atoms with Crippen molar-refractivity contribution >= 4 is 27.0 Å².